The summed E-state index contributed by atoms with van der Waals surface area (Å²) in [5.41, 5.74) is 1.32. The third-order valence-corrected chi connectivity index (χ3v) is 4.61. The molecule has 1 atom stereocenters. The zero-order chi connectivity index (χ0) is 16.2. The number of hydrogen-bond donors (Lipinski definition) is 1. The van der Waals surface area contributed by atoms with Crippen molar-refractivity contribution in [2.45, 2.75) is 12.8 Å². The molecule has 3 rings (SSSR count). The minimum atomic E-state index is -0.183. The zero-order valence-corrected chi connectivity index (χ0v) is 14.7. The number of anilines is 1. The molecule has 1 aromatic heterocycles. The van der Waals surface area contributed by atoms with Gasteiger partial charge in [0.05, 0.1) is 17.7 Å². The SMILES string of the molecule is O=C(Nc1cccc(I)c1)C1CCCN(C(=O)c2ccoc2)C1. The Morgan fingerprint density at radius 2 is 2.17 bits per heavy atom. The number of amides is 2. The van der Waals surface area contributed by atoms with Crippen LogP contribution in [0.3, 0.4) is 0 Å². The highest BCUT2D eigenvalue weighted by Gasteiger charge is 2.29. The molecular weight excluding hydrogens is 407 g/mol. The third kappa shape index (κ3) is 3.93. The summed E-state index contributed by atoms with van der Waals surface area (Å²) in [5.74, 6) is -0.292. The van der Waals surface area contributed by atoms with Gasteiger partial charge in [-0.1, -0.05) is 6.07 Å². The Kier molecular flexibility index (Phi) is 5.00. The first kappa shape index (κ1) is 16.0. The second-order valence-electron chi connectivity index (χ2n) is 5.60. The number of carbonyl (C=O) groups is 2. The van der Waals surface area contributed by atoms with Gasteiger partial charge in [-0.3, -0.25) is 9.59 Å². The van der Waals surface area contributed by atoms with Crippen LogP contribution in [0.5, 0.6) is 0 Å². The molecule has 2 amide bonds. The first-order valence-electron chi connectivity index (χ1n) is 7.51. The van der Waals surface area contributed by atoms with Crippen LogP contribution in [0.4, 0.5) is 5.69 Å². The van der Waals surface area contributed by atoms with E-state index < -0.39 is 0 Å². The minimum Gasteiger partial charge on any atom is -0.472 e. The fraction of sp³-hybridized carbons (Fsp3) is 0.294. The quantitative estimate of drug-likeness (QED) is 0.769. The number of benzene rings is 1. The molecule has 2 aromatic rings. The molecule has 2 heterocycles. The summed E-state index contributed by atoms with van der Waals surface area (Å²) in [5, 5.41) is 2.95. The van der Waals surface area contributed by atoms with Crippen LogP contribution in [-0.2, 0) is 4.79 Å². The molecule has 1 aliphatic rings. The van der Waals surface area contributed by atoms with Gasteiger partial charge in [-0.2, -0.15) is 0 Å². The molecule has 5 nitrogen and oxygen atoms in total. The van der Waals surface area contributed by atoms with E-state index in [9.17, 15) is 9.59 Å². The average molecular weight is 424 g/mol. The number of piperidine rings is 1. The number of rotatable bonds is 3. The lowest BCUT2D eigenvalue weighted by atomic mass is 9.96. The molecule has 1 aliphatic heterocycles. The summed E-state index contributed by atoms with van der Waals surface area (Å²) in [6.45, 7) is 1.12. The molecule has 1 unspecified atom stereocenters. The highest BCUT2D eigenvalue weighted by Crippen LogP contribution is 2.21. The summed E-state index contributed by atoms with van der Waals surface area (Å²) in [7, 11) is 0. The molecule has 1 saturated heterocycles. The number of nitrogens with one attached hydrogen (secondary N) is 1. The number of hydrogen-bond acceptors (Lipinski definition) is 3. The second kappa shape index (κ2) is 7.16. The van der Waals surface area contributed by atoms with E-state index in [0.717, 1.165) is 22.1 Å². The van der Waals surface area contributed by atoms with Crippen LogP contribution < -0.4 is 5.32 Å². The minimum absolute atomic E-state index is 0.0308. The van der Waals surface area contributed by atoms with Gasteiger partial charge >= 0.3 is 0 Å². The van der Waals surface area contributed by atoms with Crippen LogP contribution in [0.25, 0.3) is 0 Å². The number of furan rings is 1. The summed E-state index contributed by atoms with van der Waals surface area (Å²) in [6, 6.07) is 9.33. The lowest BCUT2D eigenvalue weighted by Gasteiger charge is -2.31. The van der Waals surface area contributed by atoms with Crippen LogP contribution in [0.2, 0.25) is 0 Å². The van der Waals surface area contributed by atoms with Crippen molar-refractivity contribution in [1.29, 1.82) is 0 Å². The number of nitrogens with zero attached hydrogens (tertiary/aromatic N) is 1. The van der Waals surface area contributed by atoms with Crippen molar-refractivity contribution in [2.24, 2.45) is 5.92 Å². The predicted molar refractivity (Wildman–Crippen MR) is 95.1 cm³/mol. The topological polar surface area (TPSA) is 62.6 Å². The Bertz CT molecular complexity index is 700. The number of likely N-dealkylation sites (tertiary alicyclic amines) is 1. The normalized spacial score (nSPS) is 17.8. The maximum Gasteiger partial charge on any atom is 0.257 e. The average Bonchev–Trinajstić information content (AvgIpc) is 3.09. The summed E-state index contributed by atoms with van der Waals surface area (Å²) < 4.78 is 6.03. The van der Waals surface area contributed by atoms with Gasteiger partial charge in [0.2, 0.25) is 5.91 Å². The summed E-state index contributed by atoms with van der Waals surface area (Å²) >= 11 is 2.21. The third-order valence-electron chi connectivity index (χ3n) is 3.94. The lowest BCUT2D eigenvalue weighted by Crippen LogP contribution is -2.43. The van der Waals surface area contributed by atoms with Gasteiger partial charge in [-0.05, 0) is 59.7 Å². The Hall–Kier alpha value is -1.83. The molecule has 1 aromatic carbocycles. The molecule has 0 aliphatic carbocycles. The molecule has 1 fully saturated rings. The first-order valence-corrected chi connectivity index (χ1v) is 8.59. The molecule has 23 heavy (non-hydrogen) atoms. The molecule has 0 spiro atoms. The molecule has 0 radical (unpaired) electrons. The van der Waals surface area contributed by atoms with Crippen LogP contribution in [0.1, 0.15) is 23.2 Å². The van der Waals surface area contributed by atoms with Gasteiger partial charge in [0, 0.05) is 22.3 Å². The predicted octanol–water partition coefficient (Wildman–Crippen LogP) is 3.38. The summed E-state index contributed by atoms with van der Waals surface area (Å²) in [4.78, 5) is 26.6. The monoisotopic (exact) mass is 424 g/mol. The van der Waals surface area contributed by atoms with Crippen molar-refractivity contribution in [3.05, 3.63) is 52.0 Å². The standard InChI is InChI=1S/C17H17IN2O3/c18-14-4-1-5-15(9-14)19-16(21)12-3-2-7-20(10-12)17(22)13-6-8-23-11-13/h1,4-6,8-9,11-12H,2-3,7,10H2,(H,19,21). The van der Waals surface area contributed by atoms with Crippen molar-refractivity contribution >= 4 is 40.1 Å². The zero-order valence-electron chi connectivity index (χ0n) is 12.5. The maximum absolute atomic E-state index is 12.5. The highest BCUT2D eigenvalue weighted by molar-refractivity contribution is 14.1. The Morgan fingerprint density at radius 3 is 2.91 bits per heavy atom. The highest BCUT2D eigenvalue weighted by atomic mass is 127. The van der Waals surface area contributed by atoms with E-state index >= 15 is 0 Å². The van der Waals surface area contributed by atoms with E-state index in [4.69, 9.17) is 4.42 Å². The Balaban J connectivity index is 1.64. The van der Waals surface area contributed by atoms with E-state index in [-0.39, 0.29) is 17.7 Å². The molecule has 6 heteroatoms. The van der Waals surface area contributed by atoms with Gasteiger partial charge in [-0.15, -0.1) is 0 Å². The Morgan fingerprint density at radius 1 is 1.30 bits per heavy atom. The van der Waals surface area contributed by atoms with Gasteiger partial charge in [0.1, 0.15) is 6.26 Å². The van der Waals surface area contributed by atoms with E-state index in [0.29, 0.717) is 18.7 Å². The molecular formula is C17H17IN2O3. The van der Waals surface area contributed by atoms with Crippen molar-refractivity contribution < 1.29 is 14.0 Å². The van der Waals surface area contributed by atoms with E-state index in [2.05, 4.69) is 27.9 Å². The van der Waals surface area contributed by atoms with Crippen molar-refractivity contribution in [3.8, 4) is 0 Å². The molecule has 0 bridgehead atoms. The fourth-order valence-corrected chi connectivity index (χ4v) is 3.30. The first-order chi connectivity index (χ1) is 11.1. The largest absolute Gasteiger partial charge is 0.472 e. The summed E-state index contributed by atoms with van der Waals surface area (Å²) in [6.07, 6.45) is 4.55. The number of carbonyl (C=O) groups excluding carboxylic acids is 2. The van der Waals surface area contributed by atoms with Crippen LogP contribution in [0.15, 0.2) is 47.3 Å². The lowest BCUT2D eigenvalue weighted by molar-refractivity contribution is -0.121. The van der Waals surface area contributed by atoms with Gasteiger partial charge in [0.15, 0.2) is 0 Å². The number of halogens is 1. The smallest absolute Gasteiger partial charge is 0.257 e. The van der Waals surface area contributed by atoms with Gasteiger partial charge in [-0.25, -0.2) is 0 Å². The fourth-order valence-electron chi connectivity index (χ4n) is 2.75. The molecule has 120 valence electrons. The van der Waals surface area contributed by atoms with E-state index in [1.54, 1.807) is 11.0 Å². The van der Waals surface area contributed by atoms with Gasteiger partial charge in [0.25, 0.3) is 5.91 Å². The van der Waals surface area contributed by atoms with Gasteiger partial charge < -0.3 is 14.6 Å². The van der Waals surface area contributed by atoms with E-state index in [1.165, 1.54) is 12.5 Å². The maximum atomic E-state index is 12.5. The Labute approximate surface area is 148 Å². The van der Waals surface area contributed by atoms with Crippen molar-refractivity contribution in [2.75, 3.05) is 18.4 Å². The van der Waals surface area contributed by atoms with Crippen LogP contribution in [0, 0.1) is 9.49 Å². The van der Waals surface area contributed by atoms with Crippen LogP contribution in [-0.4, -0.2) is 29.8 Å². The molecule has 0 saturated carbocycles. The van der Waals surface area contributed by atoms with E-state index in [1.807, 2.05) is 24.3 Å². The van der Waals surface area contributed by atoms with Crippen LogP contribution >= 0.6 is 22.6 Å². The molecule has 1 N–H and O–H groups in total. The van der Waals surface area contributed by atoms with Crippen molar-refractivity contribution in [3.63, 3.8) is 0 Å². The van der Waals surface area contributed by atoms with Crippen molar-refractivity contribution in [1.82, 2.24) is 4.90 Å². The second-order valence-corrected chi connectivity index (χ2v) is 6.85.